The Labute approximate surface area is 109 Å². The average molecular weight is 278 g/mol. The second-order valence-corrected chi connectivity index (χ2v) is 4.47. The first-order valence-corrected chi connectivity index (χ1v) is 6.02. The molecule has 0 spiro atoms. The van der Waals surface area contributed by atoms with Gasteiger partial charge in [0.2, 0.25) is 0 Å². The number of hydrogen-bond acceptors (Lipinski definition) is 8. The van der Waals surface area contributed by atoms with Crippen LogP contribution < -0.4 is 5.73 Å². The fraction of sp³-hybridized carbons (Fsp3) is 1.00. The summed E-state index contributed by atoms with van der Waals surface area (Å²) in [6.07, 6.45) is 0.999. The second kappa shape index (κ2) is 7.69. The first-order chi connectivity index (χ1) is 9.01. The van der Waals surface area contributed by atoms with Crippen LogP contribution in [0.25, 0.3) is 0 Å². The minimum atomic E-state index is -0.991. The van der Waals surface area contributed by atoms with E-state index >= 15 is 0 Å². The van der Waals surface area contributed by atoms with E-state index in [9.17, 15) is 20.2 Å². The van der Waals surface area contributed by atoms with Gasteiger partial charge in [-0.15, -0.1) is 20.2 Å². The van der Waals surface area contributed by atoms with Crippen molar-refractivity contribution in [2.45, 2.75) is 18.9 Å². The molecular weight excluding hydrogens is 260 g/mol. The average Bonchev–Trinajstić information content (AvgIpc) is 2.35. The molecule has 1 heterocycles. The molecule has 2 N–H and O–H groups in total. The third kappa shape index (κ3) is 6.15. The molecule has 110 valence electrons. The summed E-state index contributed by atoms with van der Waals surface area (Å²) in [5.74, 6) is 0.349. The molecule has 0 aromatic rings. The van der Waals surface area contributed by atoms with Crippen LogP contribution in [-0.2, 0) is 9.68 Å². The lowest BCUT2D eigenvalue weighted by atomic mass is 9.98. The largest absolute Gasteiger partial charge is 0.330 e. The van der Waals surface area contributed by atoms with Crippen molar-refractivity contribution >= 4 is 0 Å². The number of hydrogen-bond donors (Lipinski definition) is 1. The van der Waals surface area contributed by atoms with Crippen molar-refractivity contribution in [1.82, 2.24) is 4.90 Å². The highest BCUT2D eigenvalue weighted by Crippen LogP contribution is 2.16. The van der Waals surface area contributed by atoms with Gasteiger partial charge in [-0.25, -0.2) is 0 Å². The topological polar surface area (TPSA) is 134 Å². The molecule has 10 heteroatoms. The van der Waals surface area contributed by atoms with Crippen LogP contribution in [0.3, 0.4) is 0 Å². The Kier molecular flexibility index (Phi) is 6.22. The highest BCUT2D eigenvalue weighted by Gasteiger charge is 2.24. The zero-order valence-electron chi connectivity index (χ0n) is 10.5. The Bertz CT molecular complexity index is 315. The standard InChI is InChI=1S/C9H18N4O6/c10-4-8-2-1-3-11(5-8)6-9(19-13(16)17)7-18-12(14)15/h8-9H,1-7,10H2. The minimum absolute atomic E-state index is 0.214. The third-order valence-electron chi connectivity index (χ3n) is 3.00. The summed E-state index contributed by atoms with van der Waals surface area (Å²) in [7, 11) is 0. The van der Waals surface area contributed by atoms with E-state index in [0.29, 0.717) is 19.0 Å². The summed E-state index contributed by atoms with van der Waals surface area (Å²) in [6, 6.07) is 0. The van der Waals surface area contributed by atoms with Gasteiger partial charge in [-0.1, -0.05) is 0 Å². The van der Waals surface area contributed by atoms with Crippen molar-refractivity contribution in [2.24, 2.45) is 11.7 Å². The van der Waals surface area contributed by atoms with Crippen LogP contribution in [0.5, 0.6) is 0 Å². The molecule has 1 aliphatic rings. The van der Waals surface area contributed by atoms with Gasteiger partial charge in [-0.2, -0.15) is 0 Å². The molecule has 0 aromatic carbocycles. The van der Waals surface area contributed by atoms with Crippen LogP contribution in [0.4, 0.5) is 0 Å². The molecule has 2 atom stereocenters. The normalized spacial score (nSPS) is 21.6. The maximum Gasteiger partial charge on any atom is 0.294 e. The predicted octanol–water partition coefficient (Wildman–Crippen LogP) is -0.558. The number of nitrogens with zero attached hydrogens (tertiary/aromatic N) is 3. The highest BCUT2D eigenvalue weighted by molar-refractivity contribution is 4.75. The Hall–Kier alpha value is -1.68. The quantitative estimate of drug-likeness (QED) is 0.461. The van der Waals surface area contributed by atoms with Crippen LogP contribution >= 0.6 is 0 Å². The van der Waals surface area contributed by atoms with Gasteiger partial charge in [0.25, 0.3) is 10.2 Å². The number of likely N-dealkylation sites (tertiary alicyclic amines) is 1. The summed E-state index contributed by atoms with van der Waals surface area (Å²) in [5, 5.41) is 18.5. The molecule has 0 aromatic heterocycles. The van der Waals surface area contributed by atoms with E-state index in [2.05, 4.69) is 9.68 Å². The molecule has 1 rings (SSSR count). The molecule has 0 bridgehead atoms. The molecule has 1 aliphatic heterocycles. The van der Waals surface area contributed by atoms with Gasteiger partial charge in [-0.05, 0) is 31.8 Å². The molecule has 0 saturated carbocycles. The van der Waals surface area contributed by atoms with Crippen molar-refractivity contribution in [3.63, 3.8) is 0 Å². The smallest absolute Gasteiger partial charge is 0.294 e. The lowest BCUT2D eigenvalue weighted by molar-refractivity contribution is -0.789. The highest BCUT2D eigenvalue weighted by atomic mass is 17.0. The minimum Gasteiger partial charge on any atom is -0.330 e. The van der Waals surface area contributed by atoms with Gasteiger partial charge in [0.15, 0.2) is 0 Å². The molecule has 0 radical (unpaired) electrons. The summed E-state index contributed by atoms with van der Waals surface area (Å²) >= 11 is 0. The van der Waals surface area contributed by atoms with Gasteiger partial charge >= 0.3 is 0 Å². The number of nitrogens with two attached hydrogens (primary N) is 1. The predicted molar refractivity (Wildman–Crippen MR) is 63.0 cm³/mol. The lowest BCUT2D eigenvalue weighted by Gasteiger charge is -2.33. The molecular formula is C9H18N4O6. The Balaban J connectivity index is 2.45. The first-order valence-electron chi connectivity index (χ1n) is 6.02. The Morgan fingerprint density at radius 3 is 2.68 bits per heavy atom. The maximum atomic E-state index is 10.3. The maximum absolute atomic E-state index is 10.3. The molecule has 1 fully saturated rings. The van der Waals surface area contributed by atoms with Gasteiger partial charge in [0.05, 0.1) is 0 Å². The van der Waals surface area contributed by atoms with Crippen molar-refractivity contribution < 1.29 is 19.8 Å². The zero-order chi connectivity index (χ0) is 14.3. The second-order valence-electron chi connectivity index (χ2n) is 4.47. The molecule has 0 aliphatic carbocycles. The number of rotatable bonds is 8. The van der Waals surface area contributed by atoms with E-state index in [1.54, 1.807) is 0 Å². The van der Waals surface area contributed by atoms with E-state index in [1.807, 2.05) is 4.90 Å². The molecule has 0 amide bonds. The van der Waals surface area contributed by atoms with Crippen LogP contribution in [0.1, 0.15) is 12.8 Å². The molecule has 1 saturated heterocycles. The number of piperidine rings is 1. The summed E-state index contributed by atoms with van der Waals surface area (Å²) in [4.78, 5) is 30.9. The molecule has 10 nitrogen and oxygen atoms in total. The summed E-state index contributed by atoms with van der Waals surface area (Å²) in [6.45, 7) is 1.80. The first kappa shape index (κ1) is 15.4. The van der Waals surface area contributed by atoms with E-state index in [1.165, 1.54) is 0 Å². The molecule has 19 heavy (non-hydrogen) atoms. The fourth-order valence-corrected chi connectivity index (χ4v) is 2.18. The van der Waals surface area contributed by atoms with Gasteiger partial charge in [-0.3, -0.25) is 0 Å². The molecule has 2 unspecified atom stereocenters. The third-order valence-corrected chi connectivity index (χ3v) is 3.00. The van der Waals surface area contributed by atoms with Gasteiger partial charge < -0.3 is 20.3 Å². The van der Waals surface area contributed by atoms with Crippen LogP contribution in [0.15, 0.2) is 0 Å². The van der Waals surface area contributed by atoms with Crippen molar-refractivity contribution in [1.29, 1.82) is 0 Å². The van der Waals surface area contributed by atoms with Gasteiger partial charge in [0.1, 0.15) is 12.7 Å². The van der Waals surface area contributed by atoms with Crippen LogP contribution in [0, 0.1) is 26.1 Å². The zero-order valence-corrected chi connectivity index (χ0v) is 10.5. The van der Waals surface area contributed by atoms with E-state index < -0.39 is 22.9 Å². The van der Waals surface area contributed by atoms with Crippen LogP contribution in [0.2, 0.25) is 0 Å². The van der Waals surface area contributed by atoms with E-state index in [0.717, 1.165) is 19.4 Å². The van der Waals surface area contributed by atoms with Gasteiger partial charge in [0, 0.05) is 13.1 Å². The summed E-state index contributed by atoms with van der Waals surface area (Å²) in [5.41, 5.74) is 5.60. The fourth-order valence-electron chi connectivity index (χ4n) is 2.18. The van der Waals surface area contributed by atoms with E-state index in [4.69, 9.17) is 5.73 Å². The SMILES string of the molecule is NCC1CCCN(CC(CO[N+](=O)[O-])O[N+](=O)[O-])C1. The van der Waals surface area contributed by atoms with Crippen molar-refractivity contribution in [2.75, 3.05) is 32.8 Å². The van der Waals surface area contributed by atoms with E-state index in [-0.39, 0.29) is 6.54 Å². The monoisotopic (exact) mass is 278 g/mol. The van der Waals surface area contributed by atoms with Crippen molar-refractivity contribution in [3.8, 4) is 0 Å². The Morgan fingerprint density at radius 2 is 2.11 bits per heavy atom. The van der Waals surface area contributed by atoms with Crippen molar-refractivity contribution in [3.05, 3.63) is 20.2 Å². The van der Waals surface area contributed by atoms with Crippen LogP contribution in [-0.4, -0.2) is 54.0 Å². The summed E-state index contributed by atoms with van der Waals surface area (Å²) < 4.78 is 0. The lowest BCUT2D eigenvalue weighted by Crippen LogP contribution is -2.44. The Morgan fingerprint density at radius 1 is 1.37 bits per heavy atom.